The highest BCUT2D eigenvalue weighted by Crippen LogP contribution is 2.34. The summed E-state index contributed by atoms with van der Waals surface area (Å²) in [7, 11) is 1.64. The maximum Gasteiger partial charge on any atom is 0.226 e. The van der Waals surface area contributed by atoms with Crippen LogP contribution in [-0.2, 0) is 12.2 Å². The number of hydrogen-bond acceptors (Lipinski definition) is 7. The van der Waals surface area contributed by atoms with Gasteiger partial charge in [-0.05, 0) is 42.0 Å². The van der Waals surface area contributed by atoms with Crippen LogP contribution in [0.25, 0.3) is 17.1 Å². The van der Waals surface area contributed by atoms with E-state index in [0.29, 0.717) is 45.7 Å². The monoisotopic (exact) mass is 489 g/mol. The third kappa shape index (κ3) is 4.83. The molecule has 0 aliphatic rings. The lowest BCUT2D eigenvalue weighted by Crippen LogP contribution is -2.01. The van der Waals surface area contributed by atoms with E-state index in [9.17, 15) is 0 Å². The van der Waals surface area contributed by atoms with E-state index in [1.54, 1.807) is 7.11 Å². The van der Waals surface area contributed by atoms with Crippen LogP contribution in [0.5, 0.6) is 5.75 Å². The maximum atomic E-state index is 6.13. The van der Waals surface area contributed by atoms with Crippen LogP contribution in [0.4, 0.5) is 0 Å². The Morgan fingerprint density at radius 3 is 2.38 bits per heavy atom. The Bertz CT molecular complexity index is 1390. The topological polar surface area (TPSA) is 78.9 Å². The van der Waals surface area contributed by atoms with E-state index in [1.807, 2.05) is 83.4 Å². The maximum absolute atomic E-state index is 6.13. The number of thioether (sulfide) groups is 1. The van der Waals surface area contributed by atoms with E-state index in [-0.39, 0.29) is 0 Å². The summed E-state index contributed by atoms with van der Waals surface area (Å²) in [6.07, 6.45) is 0.595. The molecule has 0 saturated carbocycles. The van der Waals surface area contributed by atoms with Gasteiger partial charge in [0, 0.05) is 10.7 Å². The summed E-state index contributed by atoms with van der Waals surface area (Å²) in [5.41, 5.74) is 2.84. The first-order valence-electron chi connectivity index (χ1n) is 10.5. The number of ether oxygens (including phenoxy) is 1. The average molecular weight is 490 g/mol. The Morgan fingerprint density at radius 2 is 1.59 bits per heavy atom. The lowest BCUT2D eigenvalue weighted by molar-refractivity contribution is 0.416. The van der Waals surface area contributed by atoms with Gasteiger partial charge in [0.05, 0.1) is 24.8 Å². The van der Waals surface area contributed by atoms with Gasteiger partial charge in [0.2, 0.25) is 11.8 Å². The fourth-order valence-corrected chi connectivity index (χ4v) is 4.42. The molecule has 0 aliphatic heterocycles. The van der Waals surface area contributed by atoms with Crippen molar-refractivity contribution in [3.63, 3.8) is 0 Å². The fourth-order valence-electron chi connectivity index (χ4n) is 3.51. The van der Waals surface area contributed by atoms with Crippen LogP contribution in [0, 0.1) is 0 Å². The van der Waals surface area contributed by atoms with Gasteiger partial charge in [-0.15, -0.1) is 20.4 Å². The van der Waals surface area contributed by atoms with Gasteiger partial charge in [-0.25, -0.2) is 0 Å². The van der Waals surface area contributed by atoms with Crippen molar-refractivity contribution >= 4 is 23.4 Å². The van der Waals surface area contributed by atoms with Crippen molar-refractivity contribution in [3.05, 3.63) is 101 Å². The Labute approximate surface area is 205 Å². The zero-order valence-electron chi connectivity index (χ0n) is 18.3. The van der Waals surface area contributed by atoms with E-state index in [2.05, 4.69) is 20.4 Å². The molecule has 34 heavy (non-hydrogen) atoms. The number of halogens is 1. The first-order valence-corrected chi connectivity index (χ1v) is 11.9. The highest BCUT2D eigenvalue weighted by Gasteiger charge is 2.20. The molecule has 0 aliphatic carbocycles. The van der Waals surface area contributed by atoms with Crippen LogP contribution in [-0.4, -0.2) is 32.1 Å². The molecular formula is C25H20ClN5O2S. The third-order valence-electron chi connectivity index (χ3n) is 5.10. The van der Waals surface area contributed by atoms with Crippen molar-refractivity contribution in [1.82, 2.24) is 25.0 Å². The van der Waals surface area contributed by atoms with E-state index >= 15 is 0 Å². The number of methoxy groups -OCH3 is 1. The summed E-state index contributed by atoms with van der Waals surface area (Å²) in [5.74, 6) is 2.94. The van der Waals surface area contributed by atoms with E-state index in [1.165, 1.54) is 11.8 Å². The van der Waals surface area contributed by atoms with Crippen LogP contribution in [0.15, 0.2) is 88.4 Å². The van der Waals surface area contributed by atoms with E-state index in [4.69, 9.17) is 20.8 Å². The molecule has 0 amide bonds. The lowest BCUT2D eigenvalue weighted by atomic mass is 10.2. The van der Waals surface area contributed by atoms with Crippen LogP contribution in [0.2, 0.25) is 5.02 Å². The minimum absolute atomic E-state index is 0.458. The lowest BCUT2D eigenvalue weighted by Gasteiger charge is -2.12. The van der Waals surface area contributed by atoms with Gasteiger partial charge in [0.1, 0.15) is 5.75 Å². The van der Waals surface area contributed by atoms with Crippen molar-refractivity contribution in [1.29, 1.82) is 0 Å². The molecular weight excluding hydrogens is 470 g/mol. The highest BCUT2D eigenvalue weighted by molar-refractivity contribution is 7.98. The van der Waals surface area contributed by atoms with Crippen LogP contribution >= 0.6 is 23.4 Å². The predicted octanol–water partition coefficient (Wildman–Crippen LogP) is 5.86. The quantitative estimate of drug-likeness (QED) is 0.252. The molecule has 0 atom stereocenters. The summed E-state index contributed by atoms with van der Waals surface area (Å²) in [4.78, 5) is 0. The molecule has 7 nitrogen and oxygen atoms in total. The molecule has 3 aromatic carbocycles. The van der Waals surface area contributed by atoms with Gasteiger partial charge in [-0.1, -0.05) is 65.8 Å². The van der Waals surface area contributed by atoms with Gasteiger partial charge < -0.3 is 9.15 Å². The summed E-state index contributed by atoms with van der Waals surface area (Å²) >= 11 is 7.59. The summed E-state index contributed by atoms with van der Waals surface area (Å²) in [6, 6.07) is 25.3. The molecule has 0 spiro atoms. The van der Waals surface area contributed by atoms with Crippen molar-refractivity contribution in [2.75, 3.05) is 7.11 Å². The van der Waals surface area contributed by atoms with Gasteiger partial charge in [0.25, 0.3) is 0 Å². The van der Waals surface area contributed by atoms with Crippen molar-refractivity contribution < 1.29 is 9.15 Å². The van der Waals surface area contributed by atoms with Gasteiger partial charge in [0.15, 0.2) is 11.0 Å². The second kappa shape index (κ2) is 10.1. The molecule has 0 fully saturated rings. The SMILES string of the molecule is COc1ccccc1-c1nnc(SCc2nnc(Cc3ccccc3)o2)n1-c1ccc(Cl)cc1. The fraction of sp³-hybridized carbons (Fsp3) is 0.120. The van der Waals surface area contributed by atoms with Crippen molar-refractivity contribution in [2.45, 2.75) is 17.3 Å². The highest BCUT2D eigenvalue weighted by atomic mass is 35.5. The largest absolute Gasteiger partial charge is 0.496 e. The summed E-state index contributed by atoms with van der Waals surface area (Å²) in [6.45, 7) is 0. The second-order valence-electron chi connectivity index (χ2n) is 7.36. The standard InChI is InChI=1S/C25H20ClN5O2S/c1-32-21-10-6-5-9-20(21)24-29-30-25(31(24)19-13-11-18(26)12-14-19)34-16-23-28-27-22(33-23)15-17-7-3-2-4-8-17/h2-14H,15-16H2,1H3. The summed E-state index contributed by atoms with van der Waals surface area (Å²) < 4.78 is 13.4. The second-order valence-corrected chi connectivity index (χ2v) is 8.74. The molecule has 5 aromatic rings. The van der Waals surface area contributed by atoms with E-state index in [0.717, 1.165) is 16.8 Å². The Balaban J connectivity index is 1.43. The zero-order chi connectivity index (χ0) is 23.3. The Morgan fingerprint density at radius 1 is 0.853 bits per heavy atom. The van der Waals surface area contributed by atoms with Gasteiger partial charge in [-0.2, -0.15) is 0 Å². The van der Waals surface area contributed by atoms with Crippen LogP contribution in [0.3, 0.4) is 0 Å². The first-order chi connectivity index (χ1) is 16.7. The van der Waals surface area contributed by atoms with Crippen LogP contribution < -0.4 is 4.74 Å². The molecule has 0 saturated heterocycles. The molecule has 170 valence electrons. The first kappa shape index (κ1) is 22.2. The smallest absolute Gasteiger partial charge is 0.226 e. The van der Waals surface area contributed by atoms with Crippen molar-refractivity contribution in [3.8, 4) is 22.8 Å². The minimum Gasteiger partial charge on any atom is -0.496 e. The number of rotatable bonds is 8. The number of hydrogen-bond donors (Lipinski definition) is 0. The Hall–Kier alpha value is -3.62. The molecule has 2 aromatic heterocycles. The molecule has 0 radical (unpaired) electrons. The number of aromatic nitrogens is 5. The van der Waals surface area contributed by atoms with Crippen LogP contribution in [0.1, 0.15) is 17.3 Å². The Kier molecular flexibility index (Phi) is 6.60. The number of nitrogens with zero attached hydrogens (tertiary/aromatic N) is 5. The average Bonchev–Trinajstić information content (AvgIpc) is 3.50. The zero-order valence-corrected chi connectivity index (χ0v) is 19.8. The molecule has 0 unspecified atom stereocenters. The molecule has 0 N–H and O–H groups in total. The number of para-hydroxylation sites is 1. The molecule has 9 heteroatoms. The number of benzene rings is 3. The predicted molar refractivity (Wildman–Crippen MR) is 131 cm³/mol. The van der Waals surface area contributed by atoms with Gasteiger partial charge in [-0.3, -0.25) is 4.57 Å². The molecule has 2 heterocycles. The third-order valence-corrected chi connectivity index (χ3v) is 6.26. The molecule has 5 rings (SSSR count). The minimum atomic E-state index is 0.458. The van der Waals surface area contributed by atoms with Crippen molar-refractivity contribution in [2.24, 2.45) is 0 Å². The van der Waals surface area contributed by atoms with Gasteiger partial charge >= 0.3 is 0 Å². The normalized spacial score (nSPS) is 11.0. The van der Waals surface area contributed by atoms with E-state index < -0.39 is 0 Å². The molecule has 0 bridgehead atoms. The summed E-state index contributed by atoms with van der Waals surface area (Å²) in [5, 5.41) is 18.7.